The number of carbonyl (C=O) groups excluding carboxylic acids is 1. The highest BCUT2D eigenvalue weighted by atomic mass is 32.2. The lowest BCUT2D eigenvalue weighted by Crippen LogP contribution is -2.51. The van der Waals surface area contributed by atoms with Crippen molar-refractivity contribution in [2.75, 3.05) is 26.2 Å². The molecule has 0 spiro atoms. The molecule has 1 aromatic rings. The van der Waals surface area contributed by atoms with E-state index in [9.17, 15) is 13.2 Å². The summed E-state index contributed by atoms with van der Waals surface area (Å²) < 4.78 is 35.7. The summed E-state index contributed by atoms with van der Waals surface area (Å²) in [6.45, 7) is 1.41. The van der Waals surface area contributed by atoms with E-state index >= 15 is 0 Å². The summed E-state index contributed by atoms with van der Waals surface area (Å²) in [5, 5.41) is 0. The van der Waals surface area contributed by atoms with E-state index in [2.05, 4.69) is 8.73 Å². The fourth-order valence-electron chi connectivity index (χ4n) is 3.78. The van der Waals surface area contributed by atoms with Crippen LogP contribution in [0.5, 0.6) is 0 Å². The van der Waals surface area contributed by atoms with Crippen LogP contribution in [0.3, 0.4) is 0 Å². The Hall–Kier alpha value is -1.62. The molecule has 1 saturated carbocycles. The van der Waals surface area contributed by atoms with Gasteiger partial charge in [-0.05, 0) is 31.4 Å². The predicted molar refractivity (Wildman–Crippen MR) is 98.6 cm³/mol. The molecule has 10 heteroatoms. The Bertz CT molecular complexity index is 902. The van der Waals surface area contributed by atoms with Crippen molar-refractivity contribution in [1.82, 2.24) is 9.21 Å². The third kappa shape index (κ3) is 3.11. The Kier molecular flexibility index (Phi) is 4.68. The molecular formula is C16H21N5O3S2. The summed E-state index contributed by atoms with van der Waals surface area (Å²) in [6.07, 6.45) is 2.45. The van der Waals surface area contributed by atoms with Crippen molar-refractivity contribution >= 4 is 38.7 Å². The molecule has 2 unspecified atom stereocenters. The van der Waals surface area contributed by atoms with Gasteiger partial charge in [0.25, 0.3) is 0 Å². The van der Waals surface area contributed by atoms with Crippen molar-refractivity contribution < 1.29 is 13.2 Å². The second-order valence-electron chi connectivity index (χ2n) is 6.89. The van der Waals surface area contributed by atoms with Crippen molar-refractivity contribution in [2.45, 2.75) is 30.2 Å². The molecule has 4 rings (SSSR count). The van der Waals surface area contributed by atoms with E-state index in [-0.39, 0.29) is 22.8 Å². The third-order valence-corrected chi connectivity index (χ3v) is 7.71. The van der Waals surface area contributed by atoms with Gasteiger partial charge in [0.2, 0.25) is 15.9 Å². The number of sulfonamides is 1. The quantitative estimate of drug-likeness (QED) is 0.846. The molecule has 0 aromatic heterocycles. The monoisotopic (exact) mass is 395 g/mol. The molecule has 2 aliphatic heterocycles. The summed E-state index contributed by atoms with van der Waals surface area (Å²) in [7, 11) is -3.66. The average molecular weight is 396 g/mol. The van der Waals surface area contributed by atoms with Gasteiger partial charge in [0.05, 0.1) is 11.4 Å². The molecule has 1 saturated heterocycles. The molecule has 2 fully saturated rings. The normalized spacial score (nSPS) is 26.0. The van der Waals surface area contributed by atoms with Crippen LogP contribution in [0, 0.1) is 5.92 Å². The van der Waals surface area contributed by atoms with Crippen molar-refractivity contribution in [3.63, 3.8) is 0 Å². The number of hydrogen-bond donors (Lipinski definition) is 1. The summed E-state index contributed by atoms with van der Waals surface area (Å²) in [5.74, 6) is 0.101. The van der Waals surface area contributed by atoms with Gasteiger partial charge < -0.3 is 10.6 Å². The van der Waals surface area contributed by atoms with Crippen LogP contribution in [0.15, 0.2) is 31.8 Å². The molecule has 3 aliphatic rings. The van der Waals surface area contributed by atoms with Crippen LogP contribution in [0.2, 0.25) is 0 Å². The highest BCUT2D eigenvalue weighted by molar-refractivity contribution is 7.89. The number of amides is 1. The van der Waals surface area contributed by atoms with Gasteiger partial charge in [-0.25, -0.2) is 8.42 Å². The first-order valence-corrected chi connectivity index (χ1v) is 10.9. The molecular weight excluding hydrogens is 374 g/mol. The SMILES string of the molecule is NC1CCC(C(=O)N2CCN(S(=O)(=O)c3cccc4c3N=S=N4)CC2)C1. The van der Waals surface area contributed by atoms with E-state index in [1.807, 2.05) is 0 Å². The number of carbonyl (C=O) groups is 1. The lowest BCUT2D eigenvalue weighted by Gasteiger charge is -2.35. The molecule has 1 amide bonds. The first kappa shape index (κ1) is 17.8. The van der Waals surface area contributed by atoms with Gasteiger partial charge in [-0.2, -0.15) is 13.0 Å². The van der Waals surface area contributed by atoms with Crippen molar-refractivity contribution in [3.8, 4) is 0 Å². The van der Waals surface area contributed by atoms with Crippen LogP contribution >= 0.6 is 0 Å². The second-order valence-corrected chi connectivity index (χ2v) is 9.32. The molecule has 1 aliphatic carbocycles. The number of hydrogen-bond acceptors (Lipinski definition) is 6. The van der Waals surface area contributed by atoms with Crippen molar-refractivity contribution in [2.24, 2.45) is 20.4 Å². The maximum atomic E-state index is 13.0. The maximum Gasteiger partial charge on any atom is 0.245 e. The Labute approximate surface area is 156 Å². The Morgan fingerprint density at radius 3 is 2.62 bits per heavy atom. The van der Waals surface area contributed by atoms with E-state index < -0.39 is 10.0 Å². The lowest BCUT2D eigenvalue weighted by atomic mass is 10.1. The largest absolute Gasteiger partial charge is 0.340 e. The Balaban J connectivity index is 1.46. The summed E-state index contributed by atoms with van der Waals surface area (Å²) in [6, 6.07) is 5.11. The van der Waals surface area contributed by atoms with Crippen LogP contribution in [0.1, 0.15) is 19.3 Å². The topological polar surface area (TPSA) is 108 Å². The molecule has 2 heterocycles. The number of fused-ring (bicyclic) bond motifs is 1. The zero-order chi connectivity index (χ0) is 18.3. The molecule has 0 bridgehead atoms. The van der Waals surface area contributed by atoms with Crippen LogP contribution < -0.4 is 5.73 Å². The predicted octanol–water partition coefficient (Wildman–Crippen LogP) is 1.37. The second kappa shape index (κ2) is 6.84. The number of nitrogens with zero attached hydrogens (tertiary/aromatic N) is 4. The lowest BCUT2D eigenvalue weighted by molar-refractivity contribution is -0.136. The molecule has 2 atom stereocenters. The fourth-order valence-corrected chi connectivity index (χ4v) is 5.95. The van der Waals surface area contributed by atoms with E-state index in [1.54, 1.807) is 23.1 Å². The average Bonchev–Trinajstić information content (AvgIpc) is 3.29. The Morgan fingerprint density at radius 1 is 1.15 bits per heavy atom. The minimum Gasteiger partial charge on any atom is -0.340 e. The van der Waals surface area contributed by atoms with Gasteiger partial charge in [-0.1, -0.05) is 6.07 Å². The summed E-state index contributed by atoms with van der Waals surface area (Å²) in [5.41, 5.74) is 6.90. The number of nitrogens with two attached hydrogens (primary N) is 1. The van der Waals surface area contributed by atoms with Gasteiger partial charge in [0, 0.05) is 38.1 Å². The molecule has 26 heavy (non-hydrogen) atoms. The van der Waals surface area contributed by atoms with E-state index in [1.165, 1.54) is 4.31 Å². The highest BCUT2D eigenvalue weighted by Crippen LogP contribution is 2.38. The van der Waals surface area contributed by atoms with Gasteiger partial charge in [0.15, 0.2) is 0 Å². The molecule has 1 aromatic carbocycles. The zero-order valence-electron chi connectivity index (χ0n) is 14.2. The van der Waals surface area contributed by atoms with E-state index in [0.29, 0.717) is 37.6 Å². The van der Waals surface area contributed by atoms with Crippen LogP contribution in [-0.2, 0) is 26.2 Å². The molecule has 8 nitrogen and oxygen atoms in total. The number of benzene rings is 1. The van der Waals surface area contributed by atoms with Crippen LogP contribution in [0.4, 0.5) is 11.4 Å². The minimum atomic E-state index is -3.66. The van der Waals surface area contributed by atoms with Crippen LogP contribution in [0.25, 0.3) is 0 Å². The van der Waals surface area contributed by atoms with Gasteiger partial charge >= 0.3 is 0 Å². The molecule has 0 radical (unpaired) electrons. The fraction of sp³-hybridized carbons (Fsp3) is 0.562. The standard InChI is InChI=1S/C16H21N5O3S2/c17-12-5-4-11(10-12)16(22)20-6-8-21(9-7-20)26(23,24)14-3-1-2-13-15(14)19-25-18-13/h1-3,11-12H,4-10,17H2. The van der Waals surface area contributed by atoms with E-state index in [4.69, 9.17) is 5.73 Å². The van der Waals surface area contributed by atoms with Crippen LogP contribution in [-0.4, -0.2) is 55.8 Å². The van der Waals surface area contributed by atoms with Gasteiger partial charge in [-0.3, -0.25) is 4.79 Å². The number of rotatable bonds is 3. The minimum absolute atomic E-state index is 0.0111. The summed E-state index contributed by atoms with van der Waals surface area (Å²) in [4.78, 5) is 14.6. The van der Waals surface area contributed by atoms with Crippen molar-refractivity contribution in [3.05, 3.63) is 18.2 Å². The summed E-state index contributed by atoms with van der Waals surface area (Å²) >= 11 is 1.00. The zero-order valence-corrected chi connectivity index (χ0v) is 15.9. The highest BCUT2D eigenvalue weighted by Gasteiger charge is 2.36. The van der Waals surface area contributed by atoms with Gasteiger partial charge in [-0.15, -0.1) is 0 Å². The maximum absolute atomic E-state index is 13.0. The Morgan fingerprint density at radius 2 is 1.92 bits per heavy atom. The molecule has 2 N–H and O–H groups in total. The van der Waals surface area contributed by atoms with Crippen molar-refractivity contribution in [1.29, 1.82) is 0 Å². The first-order valence-electron chi connectivity index (χ1n) is 8.72. The smallest absolute Gasteiger partial charge is 0.245 e. The molecule has 140 valence electrons. The first-order chi connectivity index (χ1) is 12.5. The van der Waals surface area contributed by atoms with E-state index in [0.717, 1.165) is 30.6 Å². The number of piperazine rings is 1. The van der Waals surface area contributed by atoms with Gasteiger partial charge in [0.1, 0.15) is 16.3 Å². The third-order valence-electron chi connectivity index (χ3n) is 5.24.